The largest absolute Gasteiger partial charge is 0.508 e. The van der Waals surface area contributed by atoms with Crippen LogP contribution in [0.15, 0.2) is 24.3 Å². The van der Waals surface area contributed by atoms with Gasteiger partial charge in [0.2, 0.25) is 5.91 Å². The predicted octanol–water partition coefficient (Wildman–Crippen LogP) is 1.91. The molecule has 0 heterocycles. The molecule has 4 heteroatoms. The van der Waals surface area contributed by atoms with Crippen molar-refractivity contribution in [1.82, 2.24) is 4.90 Å². The summed E-state index contributed by atoms with van der Waals surface area (Å²) >= 11 is 0. The number of phenolic OH excluding ortho intramolecular Hbond substituents is 1. The molecule has 0 fully saturated rings. The van der Waals surface area contributed by atoms with Crippen molar-refractivity contribution in [3.8, 4) is 5.75 Å². The Morgan fingerprint density at radius 1 is 1.32 bits per heavy atom. The molecule has 19 heavy (non-hydrogen) atoms. The lowest BCUT2D eigenvalue weighted by atomic mass is 10.0. The summed E-state index contributed by atoms with van der Waals surface area (Å²) in [5, 5.41) is 9.22. The van der Waals surface area contributed by atoms with Gasteiger partial charge in [0, 0.05) is 12.6 Å². The quantitative estimate of drug-likeness (QED) is 0.824. The Morgan fingerprint density at radius 3 is 2.37 bits per heavy atom. The van der Waals surface area contributed by atoms with Crippen LogP contribution in [0, 0.1) is 0 Å². The standard InChI is InChI=1S/C15H24N2O2/c1-4-11(3)17(5-2)15(19)14(16)10-12-6-8-13(18)9-7-12/h6-9,11,14,18H,4-5,10,16H2,1-3H3/t11?,14-/m1/s1. The summed E-state index contributed by atoms with van der Waals surface area (Å²) in [4.78, 5) is 14.1. The molecular weight excluding hydrogens is 240 g/mol. The van der Waals surface area contributed by atoms with E-state index in [4.69, 9.17) is 5.73 Å². The average molecular weight is 264 g/mol. The Morgan fingerprint density at radius 2 is 1.89 bits per heavy atom. The molecule has 0 bridgehead atoms. The lowest BCUT2D eigenvalue weighted by Gasteiger charge is -2.29. The zero-order valence-electron chi connectivity index (χ0n) is 12.0. The maximum Gasteiger partial charge on any atom is 0.240 e. The van der Waals surface area contributed by atoms with E-state index in [9.17, 15) is 9.90 Å². The molecule has 0 aliphatic heterocycles. The SMILES string of the molecule is CCC(C)N(CC)C(=O)[C@H](N)Cc1ccc(O)cc1. The molecule has 1 aromatic carbocycles. The number of likely N-dealkylation sites (N-methyl/N-ethyl adjacent to an activating group) is 1. The van der Waals surface area contributed by atoms with E-state index in [0.29, 0.717) is 13.0 Å². The summed E-state index contributed by atoms with van der Waals surface area (Å²) in [5.74, 6) is 0.211. The van der Waals surface area contributed by atoms with Crippen LogP contribution in [0.3, 0.4) is 0 Å². The summed E-state index contributed by atoms with van der Waals surface area (Å²) in [5.41, 5.74) is 6.96. The van der Waals surface area contributed by atoms with Crippen LogP contribution in [0.2, 0.25) is 0 Å². The predicted molar refractivity (Wildman–Crippen MR) is 76.9 cm³/mol. The van der Waals surface area contributed by atoms with Crippen molar-refractivity contribution in [2.24, 2.45) is 5.73 Å². The molecule has 3 N–H and O–H groups in total. The van der Waals surface area contributed by atoms with Crippen molar-refractivity contribution < 1.29 is 9.90 Å². The smallest absolute Gasteiger partial charge is 0.240 e. The van der Waals surface area contributed by atoms with Crippen molar-refractivity contribution in [3.05, 3.63) is 29.8 Å². The van der Waals surface area contributed by atoms with Crippen molar-refractivity contribution in [1.29, 1.82) is 0 Å². The van der Waals surface area contributed by atoms with Crippen LogP contribution in [0.4, 0.5) is 0 Å². The molecule has 0 radical (unpaired) electrons. The number of phenols is 1. The second-order valence-corrected chi connectivity index (χ2v) is 4.86. The van der Waals surface area contributed by atoms with Crippen LogP contribution in [-0.4, -0.2) is 34.5 Å². The lowest BCUT2D eigenvalue weighted by Crippen LogP contribution is -2.48. The Labute approximate surface area is 115 Å². The second kappa shape index (κ2) is 7.14. The monoisotopic (exact) mass is 264 g/mol. The molecular formula is C15H24N2O2. The number of aromatic hydroxyl groups is 1. The number of nitrogens with two attached hydrogens (primary N) is 1. The summed E-state index contributed by atoms with van der Waals surface area (Å²) in [6.45, 7) is 6.75. The van der Waals surface area contributed by atoms with Gasteiger partial charge in [0.25, 0.3) is 0 Å². The fraction of sp³-hybridized carbons (Fsp3) is 0.533. The molecule has 0 aliphatic rings. The number of nitrogens with zero attached hydrogens (tertiary/aromatic N) is 1. The molecule has 0 aliphatic carbocycles. The Kier molecular flexibility index (Phi) is 5.83. The molecule has 1 unspecified atom stereocenters. The Hall–Kier alpha value is -1.55. The molecule has 0 saturated heterocycles. The van der Waals surface area contributed by atoms with Gasteiger partial charge < -0.3 is 15.7 Å². The molecule has 0 spiro atoms. The Bertz CT molecular complexity index is 403. The zero-order chi connectivity index (χ0) is 14.4. The Balaban J connectivity index is 2.68. The minimum absolute atomic E-state index is 0.00933. The van der Waals surface area contributed by atoms with Crippen molar-refractivity contribution in [2.75, 3.05) is 6.54 Å². The summed E-state index contributed by atoms with van der Waals surface area (Å²) < 4.78 is 0. The summed E-state index contributed by atoms with van der Waals surface area (Å²) in [7, 11) is 0. The first-order chi connectivity index (χ1) is 8.99. The third-order valence-electron chi connectivity index (χ3n) is 3.46. The van der Waals surface area contributed by atoms with Gasteiger partial charge in [-0.3, -0.25) is 4.79 Å². The maximum atomic E-state index is 12.3. The van der Waals surface area contributed by atoms with Crippen LogP contribution >= 0.6 is 0 Å². The van der Waals surface area contributed by atoms with Gasteiger partial charge >= 0.3 is 0 Å². The lowest BCUT2D eigenvalue weighted by molar-refractivity contribution is -0.134. The van der Waals surface area contributed by atoms with E-state index in [-0.39, 0.29) is 17.7 Å². The minimum Gasteiger partial charge on any atom is -0.508 e. The third-order valence-corrected chi connectivity index (χ3v) is 3.46. The van der Waals surface area contributed by atoms with Crippen LogP contribution in [-0.2, 0) is 11.2 Å². The van der Waals surface area contributed by atoms with Crippen molar-refractivity contribution in [3.63, 3.8) is 0 Å². The highest BCUT2D eigenvalue weighted by molar-refractivity contribution is 5.82. The first-order valence-corrected chi connectivity index (χ1v) is 6.83. The van der Waals surface area contributed by atoms with Gasteiger partial charge in [-0.15, -0.1) is 0 Å². The summed E-state index contributed by atoms with van der Waals surface area (Å²) in [6, 6.07) is 6.49. The van der Waals surface area contributed by atoms with Crippen LogP contribution < -0.4 is 5.73 Å². The summed E-state index contributed by atoms with van der Waals surface area (Å²) in [6.07, 6.45) is 1.41. The number of carbonyl (C=O) groups excluding carboxylic acids is 1. The fourth-order valence-corrected chi connectivity index (χ4v) is 2.09. The molecule has 2 atom stereocenters. The molecule has 1 rings (SSSR count). The van der Waals surface area contributed by atoms with E-state index in [1.807, 2.05) is 18.7 Å². The van der Waals surface area contributed by atoms with Gasteiger partial charge in [-0.25, -0.2) is 0 Å². The highest BCUT2D eigenvalue weighted by Gasteiger charge is 2.23. The van der Waals surface area contributed by atoms with Crippen molar-refractivity contribution in [2.45, 2.75) is 45.7 Å². The second-order valence-electron chi connectivity index (χ2n) is 4.86. The van der Waals surface area contributed by atoms with E-state index in [1.54, 1.807) is 24.3 Å². The molecule has 4 nitrogen and oxygen atoms in total. The number of rotatable bonds is 6. The third kappa shape index (κ3) is 4.24. The normalized spacial score (nSPS) is 13.9. The molecule has 0 saturated carbocycles. The van der Waals surface area contributed by atoms with E-state index in [2.05, 4.69) is 6.92 Å². The van der Waals surface area contributed by atoms with Crippen LogP contribution in [0.5, 0.6) is 5.75 Å². The number of hydrogen-bond donors (Lipinski definition) is 2. The first kappa shape index (κ1) is 15.5. The minimum atomic E-state index is -0.529. The molecule has 106 valence electrons. The van der Waals surface area contributed by atoms with Gasteiger partial charge in [0.05, 0.1) is 6.04 Å². The highest BCUT2D eigenvalue weighted by Crippen LogP contribution is 2.12. The highest BCUT2D eigenvalue weighted by atomic mass is 16.3. The van der Waals surface area contributed by atoms with Crippen LogP contribution in [0.1, 0.15) is 32.8 Å². The number of hydrogen-bond acceptors (Lipinski definition) is 3. The van der Waals surface area contributed by atoms with E-state index in [0.717, 1.165) is 12.0 Å². The zero-order valence-corrected chi connectivity index (χ0v) is 12.0. The first-order valence-electron chi connectivity index (χ1n) is 6.83. The van der Waals surface area contributed by atoms with E-state index < -0.39 is 6.04 Å². The maximum absolute atomic E-state index is 12.3. The molecule has 0 aromatic heterocycles. The van der Waals surface area contributed by atoms with Gasteiger partial charge in [-0.05, 0) is 44.4 Å². The van der Waals surface area contributed by atoms with Crippen LogP contribution in [0.25, 0.3) is 0 Å². The average Bonchev–Trinajstić information content (AvgIpc) is 2.41. The van der Waals surface area contributed by atoms with Gasteiger partial charge in [-0.1, -0.05) is 19.1 Å². The van der Waals surface area contributed by atoms with Gasteiger partial charge in [-0.2, -0.15) is 0 Å². The molecule has 1 aromatic rings. The van der Waals surface area contributed by atoms with E-state index >= 15 is 0 Å². The van der Waals surface area contributed by atoms with Gasteiger partial charge in [0.15, 0.2) is 0 Å². The van der Waals surface area contributed by atoms with Gasteiger partial charge in [0.1, 0.15) is 5.75 Å². The topological polar surface area (TPSA) is 66.6 Å². The number of carbonyl (C=O) groups is 1. The molecule has 1 amide bonds. The number of amides is 1. The fourth-order valence-electron chi connectivity index (χ4n) is 2.09. The number of benzene rings is 1. The van der Waals surface area contributed by atoms with Crippen molar-refractivity contribution >= 4 is 5.91 Å². The van der Waals surface area contributed by atoms with E-state index in [1.165, 1.54) is 0 Å².